The van der Waals surface area contributed by atoms with Crippen LogP contribution in [0.15, 0.2) is 53.1 Å². The van der Waals surface area contributed by atoms with Crippen LogP contribution in [-0.2, 0) is 4.79 Å². The number of thiazole rings is 1. The van der Waals surface area contributed by atoms with Crippen molar-refractivity contribution in [1.29, 1.82) is 0 Å². The van der Waals surface area contributed by atoms with Crippen LogP contribution in [0.5, 0.6) is 5.75 Å². The Labute approximate surface area is 182 Å². The smallest absolute Gasteiger partial charge is 0.296 e. The number of ether oxygens (including phenoxy) is 1. The maximum absolute atomic E-state index is 13.2. The van der Waals surface area contributed by atoms with Gasteiger partial charge in [-0.3, -0.25) is 14.5 Å². The molecule has 30 heavy (non-hydrogen) atoms. The molecule has 1 atom stereocenters. The Hall–Kier alpha value is -2.97. The summed E-state index contributed by atoms with van der Waals surface area (Å²) in [6.07, 6.45) is 0. The van der Waals surface area contributed by atoms with Crippen molar-refractivity contribution in [1.82, 2.24) is 4.98 Å². The highest BCUT2D eigenvalue weighted by Gasteiger charge is 2.46. The molecule has 0 radical (unpaired) electrons. The van der Waals surface area contributed by atoms with Crippen LogP contribution in [0.1, 0.15) is 38.8 Å². The molecule has 1 aliphatic rings. The average molecular weight is 441 g/mol. The molecule has 0 spiro atoms. The first-order valence-corrected chi connectivity index (χ1v) is 11.1. The molecule has 2 aromatic heterocycles. The van der Waals surface area contributed by atoms with E-state index < -0.39 is 17.7 Å². The molecule has 0 aliphatic carbocycles. The fraction of sp³-hybridized carbons (Fsp3) is 0.227. The lowest BCUT2D eigenvalue weighted by molar-refractivity contribution is -0.117. The highest BCUT2D eigenvalue weighted by molar-refractivity contribution is 7.16. The number of aryl methyl sites for hydroxylation is 2. The second-order valence-electron chi connectivity index (χ2n) is 6.79. The maximum atomic E-state index is 13.2. The van der Waals surface area contributed by atoms with E-state index in [-0.39, 0.29) is 11.4 Å². The Morgan fingerprint density at radius 1 is 1.23 bits per heavy atom. The van der Waals surface area contributed by atoms with Crippen LogP contribution in [-0.4, -0.2) is 28.4 Å². The number of carbonyl (C=O) groups excluding carboxylic acids is 2. The Morgan fingerprint density at radius 3 is 2.53 bits per heavy atom. The number of ketones is 1. The summed E-state index contributed by atoms with van der Waals surface area (Å²) in [6, 6.07) is 9.89. The van der Waals surface area contributed by atoms with Gasteiger partial charge >= 0.3 is 0 Å². The molecule has 4 rings (SSSR count). The van der Waals surface area contributed by atoms with Crippen molar-refractivity contribution in [2.24, 2.45) is 0 Å². The third kappa shape index (κ3) is 3.42. The molecule has 3 heterocycles. The highest BCUT2D eigenvalue weighted by Crippen LogP contribution is 2.44. The van der Waals surface area contributed by atoms with Crippen molar-refractivity contribution < 1.29 is 19.4 Å². The van der Waals surface area contributed by atoms with E-state index in [1.165, 1.54) is 27.6 Å². The van der Waals surface area contributed by atoms with Crippen LogP contribution in [0.25, 0.3) is 0 Å². The third-order valence-corrected chi connectivity index (χ3v) is 6.87. The number of aliphatic hydroxyl groups excluding tert-OH is 1. The summed E-state index contributed by atoms with van der Waals surface area (Å²) in [7, 11) is 0. The zero-order valence-electron chi connectivity index (χ0n) is 16.7. The lowest BCUT2D eigenvalue weighted by Gasteiger charge is -2.24. The minimum absolute atomic E-state index is 0.0668. The zero-order chi connectivity index (χ0) is 21.4. The van der Waals surface area contributed by atoms with E-state index in [0.717, 1.165) is 10.6 Å². The van der Waals surface area contributed by atoms with Gasteiger partial charge in [0.25, 0.3) is 5.91 Å². The number of benzene rings is 1. The van der Waals surface area contributed by atoms with E-state index in [2.05, 4.69) is 4.98 Å². The summed E-state index contributed by atoms with van der Waals surface area (Å²) in [5.41, 5.74) is 1.57. The largest absolute Gasteiger partial charge is 0.503 e. The van der Waals surface area contributed by atoms with Crippen molar-refractivity contribution in [3.8, 4) is 5.75 Å². The molecule has 1 aliphatic heterocycles. The highest BCUT2D eigenvalue weighted by atomic mass is 32.1. The molecule has 0 bridgehead atoms. The van der Waals surface area contributed by atoms with Gasteiger partial charge in [0, 0.05) is 4.88 Å². The lowest BCUT2D eigenvalue weighted by Crippen LogP contribution is -2.31. The first-order valence-electron chi connectivity index (χ1n) is 9.44. The van der Waals surface area contributed by atoms with Gasteiger partial charge in [0.05, 0.1) is 28.8 Å². The fourth-order valence-corrected chi connectivity index (χ4v) is 4.98. The quantitative estimate of drug-likeness (QED) is 0.546. The topological polar surface area (TPSA) is 79.7 Å². The van der Waals surface area contributed by atoms with E-state index in [1.54, 1.807) is 29.6 Å². The number of aromatic nitrogens is 1. The van der Waals surface area contributed by atoms with Crippen LogP contribution in [0.4, 0.5) is 5.13 Å². The number of hydrogen-bond acceptors (Lipinski definition) is 7. The molecule has 0 saturated carbocycles. The first-order chi connectivity index (χ1) is 14.4. The Bertz CT molecular complexity index is 1110. The number of Topliss-reactive ketones (excluding diaryl/α,β-unsaturated/α-hetero) is 1. The number of anilines is 1. The third-order valence-electron chi connectivity index (χ3n) is 4.93. The van der Waals surface area contributed by atoms with Gasteiger partial charge < -0.3 is 9.84 Å². The SMILES string of the molecule is CCOc1ccc(C2C(C(=O)c3cccs3)=C(O)C(=O)N2c2nc(C)c(C)s2)cc1. The standard InChI is InChI=1S/C22H20N2O4S2/c1-4-28-15-9-7-14(8-10-15)18-17(19(25)16-6-5-11-29-16)20(26)21(27)24(18)22-23-12(2)13(3)30-22/h5-11,18,26H,4H2,1-3H3. The van der Waals surface area contributed by atoms with Crippen LogP contribution in [0.2, 0.25) is 0 Å². The lowest BCUT2D eigenvalue weighted by atomic mass is 9.95. The molecule has 0 fully saturated rings. The summed E-state index contributed by atoms with van der Waals surface area (Å²) >= 11 is 2.63. The summed E-state index contributed by atoms with van der Waals surface area (Å²) in [4.78, 5) is 33.7. The van der Waals surface area contributed by atoms with Crippen LogP contribution in [0, 0.1) is 13.8 Å². The number of rotatable bonds is 6. The monoisotopic (exact) mass is 440 g/mol. The van der Waals surface area contributed by atoms with E-state index in [1.807, 2.05) is 32.9 Å². The van der Waals surface area contributed by atoms with Crippen molar-refractivity contribution in [3.63, 3.8) is 0 Å². The molecule has 1 unspecified atom stereocenters. The summed E-state index contributed by atoms with van der Waals surface area (Å²) < 4.78 is 5.51. The van der Waals surface area contributed by atoms with Gasteiger partial charge in [-0.05, 0) is 49.9 Å². The molecule has 8 heteroatoms. The van der Waals surface area contributed by atoms with Crippen molar-refractivity contribution >= 4 is 39.5 Å². The summed E-state index contributed by atoms with van der Waals surface area (Å²) in [5.74, 6) is -0.819. The Morgan fingerprint density at radius 2 is 1.97 bits per heavy atom. The summed E-state index contributed by atoms with van der Waals surface area (Å²) in [6.45, 7) is 6.23. The Kier molecular flexibility index (Phi) is 5.44. The molecule has 3 aromatic rings. The van der Waals surface area contributed by atoms with Gasteiger partial charge in [-0.15, -0.1) is 22.7 Å². The van der Waals surface area contributed by atoms with E-state index in [9.17, 15) is 14.7 Å². The predicted molar refractivity (Wildman–Crippen MR) is 118 cm³/mol. The number of hydrogen-bond donors (Lipinski definition) is 1. The molecule has 0 saturated heterocycles. The molecule has 154 valence electrons. The van der Waals surface area contributed by atoms with Gasteiger partial charge in [0.1, 0.15) is 5.75 Å². The number of nitrogens with zero attached hydrogens (tertiary/aromatic N) is 2. The number of thiophene rings is 1. The van der Waals surface area contributed by atoms with Crippen molar-refractivity contribution in [2.45, 2.75) is 26.8 Å². The van der Waals surface area contributed by atoms with E-state index in [0.29, 0.717) is 27.9 Å². The van der Waals surface area contributed by atoms with Gasteiger partial charge in [0.2, 0.25) is 5.78 Å². The predicted octanol–water partition coefficient (Wildman–Crippen LogP) is 5.00. The van der Waals surface area contributed by atoms with Crippen LogP contribution < -0.4 is 9.64 Å². The van der Waals surface area contributed by atoms with Crippen molar-refractivity contribution in [2.75, 3.05) is 11.5 Å². The minimum Gasteiger partial charge on any atom is -0.503 e. The van der Waals surface area contributed by atoms with Crippen molar-refractivity contribution in [3.05, 3.63) is 74.1 Å². The Balaban J connectivity index is 1.84. The summed E-state index contributed by atoms with van der Waals surface area (Å²) in [5, 5.41) is 13.0. The maximum Gasteiger partial charge on any atom is 0.296 e. The zero-order valence-corrected chi connectivity index (χ0v) is 18.3. The normalized spacial score (nSPS) is 16.4. The number of carbonyl (C=O) groups is 2. The van der Waals surface area contributed by atoms with E-state index >= 15 is 0 Å². The molecule has 6 nitrogen and oxygen atoms in total. The van der Waals surface area contributed by atoms with Crippen LogP contribution >= 0.6 is 22.7 Å². The molecule has 1 aromatic carbocycles. The average Bonchev–Trinajstić information content (AvgIpc) is 3.43. The van der Waals surface area contributed by atoms with Gasteiger partial charge in [0.15, 0.2) is 10.9 Å². The number of amides is 1. The molecule has 1 amide bonds. The molecular weight excluding hydrogens is 420 g/mol. The molecular formula is C22H20N2O4S2. The van der Waals surface area contributed by atoms with Gasteiger partial charge in [-0.2, -0.15) is 0 Å². The number of aliphatic hydroxyl groups is 1. The second-order valence-corrected chi connectivity index (χ2v) is 8.92. The molecule has 1 N–H and O–H groups in total. The minimum atomic E-state index is -0.771. The fourth-order valence-electron chi connectivity index (χ4n) is 3.36. The second kappa shape index (κ2) is 8.04. The van der Waals surface area contributed by atoms with Crippen LogP contribution in [0.3, 0.4) is 0 Å². The van der Waals surface area contributed by atoms with Gasteiger partial charge in [-0.1, -0.05) is 18.2 Å². The van der Waals surface area contributed by atoms with Gasteiger partial charge in [-0.25, -0.2) is 4.98 Å². The first kappa shape index (κ1) is 20.3. The van der Waals surface area contributed by atoms with E-state index in [4.69, 9.17) is 4.74 Å².